The summed E-state index contributed by atoms with van der Waals surface area (Å²) in [5.74, 6) is -1.12. The number of carbonyl (C=O) groups excluding carboxylic acids is 2. The number of carbonyl (C=O) groups is 2. The number of amides is 2. The van der Waals surface area contributed by atoms with Gasteiger partial charge in [-0.05, 0) is 31.2 Å². The van der Waals surface area contributed by atoms with Crippen molar-refractivity contribution in [2.45, 2.75) is 6.92 Å². The van der Waals surface area contributed by atoms with Crippen LogP contribution in [0.4, 0.5) is 11.4 Å². The zero-order valence-electron chi connectivity index (χ0n) is 11.0. The number of rotatable bonds is 4. The molecule has 0 bridgehead atoms. The van der Waals surface area contributed by atoms with E-state index in [0.29, 0.717) is 17.9 Å². The number of nitrogens with two attached hydrogens (primary N) is 2. The number of H-pyrrole nitrogens is 1. The van der Waals surface area contributed by atoms with Crippen molar-refractivity contribution >= 4 is 23.2 Å². The fourth-order valence-corrected chi connectivity index (χ4v) is 1.87. The molecule has 1 aromatic heterocycles. The van der Waals surface area contributed by atoms with Crippen LogP contribution in [-0.2, 0) is 0 Å². The molecule has 20 heavy (non-hydrogen) atoms. The smallest absolute Gasteiger partial charge is 0.279 e. The van der Waals surface area contributed by atoms with Crippen molar-refractivity contribution in [3.63, 3.8) is 0 Å². The third kappa shape index (κ3) is 2.46. The van der Waals surface area contributed by atoms with E-state index < -0.39 is 11.8 Å². The summed E-state index contributed by atoms with van der Waals surface area (Å²) in [6, 6.07) is 6.86. The van der Waals surface area contributed by atoms with Crippen LogP contribution in [0.1, 0.15) is 27.9 Å². The highest BCUT2D eigenvalue weighted by atomic mass is 16.2. The second kappa shape index (κ2) is 5.43. The fraction of sp³-hybridized carbons (Fsp3) is 0.154. The van der Waals surface area contributed by atoms with Gasteiger partial charge in [-0.25, -0.2) is 4.98 Å². The van der Waals surface area contributed by atoms with Gasteiger partial charge >= 0.3 is 0 Å². The lowest BCUT2D eigenvalue weighted by Gasteiger charge is -2.20. The van der Waals surface area contributed by atoms with E-state index >= 15 is 0 Å². The average Bonchev–Trinajstić information content (AvgIpc) is 2.91. The molecule has 0 aliphatic heterocycles. The molecular weight excluding hydrogens is 258 g/mol. The number of imidazole rings is 1. The first-order chi connectivity index (χ1) is 9.54. The van der Waals surface area contributed by atoms with Gasteiger partial charge in [0.1, 0.15) is 5.69 Å². The van der Waals surface area contributed by atoms with Crippen molar-refractivity contribution in [3.8, 4) is 0 Å². The summed E-state index contributed by atoms with van der Waals surface area (Å²) < 4.78 is 0. The van der Waals surface area contributed by atoms with Gasteiger partial charge in [-0.15, -0.1) is 0 Å². The first-order valence-corrected chi connectivity index (χ1v) is 6.05. The Morgan fingerprint density at radius 2 is 1.95 bits per heavy atom. The molecule has 7 nitrogen and oxygen atoms in total. The maximum Gasteiger partial charge on any atom is 0.279 e. The average molecular weight is 273 g/mol. The molecule has 1 heterocycles. The summed E-state index contributed by atoms with van der Waals surface area (Å²) >= 11 is 0. The van der Waals surface area contributed by atoms with Crippen LogP contribution in [0.5, 0.6) is 0 Å². The number of nitrogens with zero attached hydrogens (tertiary/aromatic N) is 2. The molecule has 2 rings (SSSR count). The Bertz CT molecular complexity index is 632. The van der Waals surface area contributed by atoms with Gasteiger partial charge in [0.15, 0.2) is 5.69 Å². The number of aromatic nitrogens is 2. The minimum atomic E-state index is -0.723. The molecule has 7 heteroatoms. The van der Waals surface area contributed by atoms with Crippen LogP contribution < -0.4 is 16.4 Å². The fourth-order valence-electron chi connectivity index (χ4n) is 1.87. The largest absolute Gasteiger partial charge is 0.399 e. The summed E-state index contributed by atoms with van der Waals surface area (Å²) in [7, 11) is 0. The minimum Gasteiger partial charge on any atom is -0.399 e. The molecule has 0 aliphatic rings. The quantitative estimate of drug-likeness (QED) is 0.712. The molecule has 0 saturated heterocycles. The van der Waals surface area contributed by atoms with Crippen molar-refractivity contribution in [1.29, 1.82) is 0 Å². The highest BCUT2D eigenvalue weighted by molar-refractivity contribution is 6.10. The third-order valence-electron chi connectivity index (χ3n) is 2.85. The van der Waals surface area contributed by atoms with E-state index in [4.69, 9.17) is 11.5 Å². The Labute approximate surface area is 115 Å². The maximum absolute atomic E-state index is 12.5. The van der Waals surface area contributed by atoms with Gasteiger partial charge in [0.25, 0.3) is 11.8 Å². The lowest BCUT2D eigenvalue weighted by molar-refractivity contribution is 0.0956. The lowest BCUT2D eigenvalue weighted by atomic mass is 10.2. The third-order valence-corrected chi connectivity index (χ3v) is 2.85. The number of hydrogen-bond acceptors (Lipinski definition) is 4. The van der Waals surface area contributed by atoms with Gasteiger partial charge in [-0.2, -0.15) is 0 Å². The number of benzene rings is 1. The Morgan fingerprint density at radius 3 is 2.50 bits per heavy atom. The molecule has 0 radical (unpaired) electrons. The Hall–Kier alpha value is -2.83. The summed E-state index contributed by atoms with van der Waals surface area (Å²) in [4.78, 5) is 31.6. The van der Waals surface area contributed by atoms with Gasteiger partial charge in [0.2, 0.25) is 0 Å². The van der Waals surface area contributed by atoms with E-state index in [1.54, 1.807) is 24.3 Å². The van der Waals surface area contributed by atoms with Gasteiger partial charge in [-0.3, -0.25) is 9.59 Å². The van der Waals surface area contributed by atoms with Crippen molar-refractivity contribution < 1.29 is 9.59 Å². The molecule has 1 aromatic carbocycles. The predicted molar refractivity (Wildman–Crippen MR) is 75.3 cm³/mol. The minimum absolute atomic E-state index is 0.00361. The molecule has 0 fully saturated rings. The van der Waals surface area contributed by atoms with E-state index in [9.17, 15) is 9.59 Å². The molecule has 104 valence electrons. The molecule has 0 atom stereocenters. The van der Waals surface area contributed by atoms with Gasteiger partial charge in [0, 0.05) is 17.9 Å². The number of anilines is 2. The van der Waals surface area contributed by atoms with Crippen molar-refractivity contribution in [1.82, 2.24) is 9.97 Å². The zero-order valence-corrected chi connectivity index (χ0v) is 11.0. The highest BCUT2D eigenvalue weighted by Crippen LogP contribution is 2.19. The number of hydrogen-bond donors (Lipinski definition) is 3. The van der Waals surface area contributed by atoms with E-state index in [1.807, 2.05) is 6.92 Å². The zero-order chi connectivity index (χ0) is 14.7. The van der Waals surface area contributed by atoms with Crippen LogP contribution in [0.3, 0.4) is 0 Å². The van der Waals surface area contributed by atoms with Crippen LogP contribution >= 0.6 is 0 Å². The SMILES string of the molecule is CCN(C(=O)c1nc[nH]c1C(N)=O)c1ccc(N)cc1. The Balaban J connectivity index is 2.36. The predicted octanol–water partition coefficient (Wildman–Crippen LogP) is 0.757. The summed E-state index contributed by atoms with van der Waals surface area (Å²) in [6.07, 6.45) is 1.27. The van der Waals surface area contributed by atoms with E-state index in [2.05, 4.69) is 9.97 Å². The second-order valence-corrected chi connectivity index (χ2v) is 4.13. The Morgan fingerprint density at radius 1 is 1.30 bits per heavy atom. The van der Waals surface area contributed by atoms with E-state index in [1.165, 1.54) is 11.2 Å². The van der Waals surface area contributed by atoms with E-state index in [-0.39, 0.29) is 11.4 Å². The van der Waals surface area contributed by atoms with Gasteiger partial charge < -0.3 is 21.4 Å². The molecule has 0 saturated carbocycles. The molecule has 0 spiro atoms. The molecular formula is C13H15N5O2. The van der Waals surface area contributed by atoms with Crippen LogP contribution in [0, 0.1) is 0 Å². The number of aromatic amines is 1. The first kappa shape index (κ1) is 13.6. The highest BCUT2D eigenvalue weighted by Gasteiger charge is 2.23. The standard InChI is InChI=1S/C13H15N5O2/c1-2-18(9-5-3-8(14)4-6-9)13(20)11-10(12(15)19)16-7-17-11/h3-7H,2,14H2,1H3,(H2,15,19)(H,16,17). The van der Waals surface area contributed by atoms with Gasteiger partial charge in [-0.1, -0.05) is 0 Å². The monoisotopic (exact) mass is 273 g/mol. The van der Waals surface area contributed by atoms with Crippen LogP contribution in [0.15, 0.2) is 30.6 Å². The number of nitrogen functional groups attached to an aromatic ring is 1. The van der Waals surface area contributed by atoms with Crippen LogP contribution in [-0.4, -0.2) is 28.3 Å². The maximum atomic E-state index is 12.5. The normalized spacial score (nSPS) is 10.2. The van der Waals surface area contributed by atoms with Crippen LogP contribution in [0.2, 0.25) is 0 Å². The van der Waals surface area contributed by atoms with Crippen molar-refractivity contribution in [2.75, 3.05) is 17.2 Å². The topological polar surface area (TPSA) is 118 Å². The summed E-state index contributed by atoms with van der Waals surface area (Å²) in [5.41, 5.74) is 12.1. The molecule has 2 amide bonds. The number of primary amides is 1. The molecule has 0 unspecified atom stereocenters. The van der Waals surface area contributed by atoms with Crippen molar-refractivity contribution in [3.05, 3.63) is 42.0 Å². The Kier molecular flexibility index (Phi) is 3.69. The summed E-state index contributed by atoms with van der Waals surface area (Å²) in [6.45, 7) is 2.25. The second-order valence-electron chi connectivity index (χ2n) is 4.13. The summed E-state index contributed by atoms with van der Waals surface area (Å²) in [5, 5.41) is 0. The van der Waals surface area contributed by atoms with Gasteiger partial charge in [0.05, 0.1) is 6.33 Å². The molecule has 5 N–H and O–H groups in total. The molecule has 0 aliphatic carbocycles. The van der Waals surface area contributed by atoms with Crippen molar-refractivity contribution in [2.24, 2.45) is 5.73 Å². The van der Waals surface area contributed by atoms with Crippen LogP contribution in [0.25, 0.3) is 0 Å². The number of nitrogens with one attached hydrogen (secondary N) is 1. The lowest BCUT2D eigenvalue weighted by Crippen LogP contribution is -2.32. The van der Waals surface area contributed by atoms with E-state index in [0.717, 1.165) is 0 Å². The first-order valence-electron chi connectivity index (χ1n) is 6.05. The molecule has 2 aromatic rings.